The summed E-state index contributed by atoms with van der Waals surface area (Å²) < 4.78 is 30.5. The van der Waals surface area contributed by atoms with Gasteiger partial charge in [0.15, 0.2) is 0 Å². The Bertz CT molecular complexity index is 1310. The zero-order valence-electron chi connectivity index (χ0n) is 22.5. The summed E-state index contributed by atoms with van der Waals surface area (Å²) in [6, 6.07) is 32.1. The Morgan fingerprint density at radius 2 is 1.32 bits per heavy atom. The zero-order valence-corrected chi connectivity index (χ0v) is 23.3. The van der Waals surface area contributed by atoms with Crippen LogP contribution in [-0.4, -0.2) is 36.6 Å². The van der Waals surface area contributed by atoms with Crippen LogP contribution in [0.2, 0.25) is 0 Å². The zero-order chi connectivity index (χ0) is 27.6. The molecular formula is C33H34O6S. The van der Waals surface area contributed by atoms with Crippen molar-refractivity contribution >= 4 is 17.7 Å². The van der Waals surface area contributed by atoms with Gasteiger partial charge in [0.1, 0.15) is 18.1 Å². The van der Waals surface area contributed by atoms with Crippen LogP contribution in [0.4, 0.5) is 0 Å². The van der Waals surface area contributed by atoms with E-state index >= 15 is 0 Å². The molecule has 1 fully saturated rings. The van der Waals surface area contributed by atoms with Gasteiger partial charge < -0.3 is 23.4 Å². The molecule has 0 aliphatic carbocycles. The summed E-state index contributed by atoms with van der Waals surface area (Å²) in [5.74, 6) is 0.256. The molecule has 0 radical (unpaired) electrons. The molecule has 0 spiro atoms. The summed E-state index contributed by atoms with van der Waals surface area (Å²) in [4.78, 5) is 12.4. The molecule has 5 rings (SSSR count). The van der Waals surface area contributed by atoms with E-state index in [9.17, 15) is 4.79 Å². The van der Waals surface area contributed by atoms with Crippen LogP contribution >= 0.6 is 11.8 Å². The van der Waals surface area contributed by atoms with Gasteiger partial charge >= 0.3 is 5.97 Å². The Kier molecular flexibility index (Phi) is 10.1. The van der Waals surface area contributed by atoms with Gasteiger partial charge in [-0.25, -0.2) is 4.79 Å². The molecule has 0 amide bonds. The van der Waals surface area contributed by atoms with E-state index in [1.807, 2.05) is 66.7 Å². The molecular weight excluding hydrogens is 524 g/mol. The molecule has 0 bridgehead atoms. The fraction of sp³-hybridized carbons (Fsp3) is 0.303. The molecule has 40 heavy (non-hydrogen) atoms. The van der Waals surface area contributed by atoms with Gasteiger partial charge in [-0.3, -0.25) is 0 Å². The molecule has 7 heteroatoms. The fourth-order valence-electron chi connectivity index (χ4n) is 4.70. The average Bonchev–Trinajstić information content (AvgIpc) is 3.62. The molecule has 6 nitrogen and oxygen atoms in total. The average molecular weight is 559 g/mol. The second kappa shape index (κ2) is 14.3. The van der Waals surface area contributed by atoms with Crippen molar-refractivity contribution in [3.05, 3.63) is 131 Å². The van der Waals surface area contributed by atoms with Crippen molar-refractivity contribution in [1.82, 2.24) is 0 Å². The number of furan rings is 1. The highest BCUT2D eigenvalue weighted by Gasteiger charge is 2.48. The first-order valence-corrected chi connectivity index (χ1v) is 14.5. The van der Waals surface area contributed by atoms with Gasteiger partial charge in [-0.1, -0.05) is 91.0 Å². The Balaban J connectivity index is 1.38. The van der Waals surface area contributed by atoms with Gasteiger partial charge in [0.2, 0.25) is 0 Å². The van der Waals surface area contributed by atoms with Crippen LogP contribution in [-0.2, 0) is 38.8 Å². The molecule has 1 aromatic heterocycles. The van der Waals surface area contributed by atoms with Crippen molar-refractivity contribution in [2.75, 3.05) is 13.2 Å². The highest BCUT2D eigenvalue weighted by Crippen LogP contribution is 2.49. The third kappa shape index (κ3) is 7.43. The van der Waals surface area contributed by atoms with Gasteiger partial charge in [-0.05, 0) is 29.7 Å². The van der Waals surface area contributed by atoms with Crippen molar-refractivity contribution in [3.8, 4) is 0 Å². The van der Waals surface area contributed by atoms with E-state index in [1.54, 1.807) is 24.8 Å². The van der Waals surface area contributed by atoms with Crippen LogP contribution in [0.5, 0.6) is 0 Å². The maximum atomic E-state index is 12.4. The standard InChI is InChI=1S/C33H34O6S/c1-2-36-33(34)27-18-28(37-22-27)32-31(39-21-26-16-10-5-11-17-26)30(38-20-25-14-8-4-9-15-25)29(40-32)23-35-19-24-12-6-3-7-13-24/h3-18,22,29-32H,2,19-21,23H2,1H3/t29-,30-,31-,32-/m1/s1. The molecule has 208 valence electrons. The quantitative estimate of drug-likeness (QED) is 0.164. The lowest BCUT2D eigenvalue weighted by Crippen LogP contribution is -2.37. The number of hydrogen-bond donors (Lipinski definition) is 0. The van der Waals surface area contributed by atoms with Crippen LogP contribution in [0.3, 0.4) is 0 Å². The number of esters is 1. The first-order valence-electron chi connectivity index (χ1n) is 13.5. The molecule has 2 heterocycles. The molecule has 0 saturated carbocycles. The Morgan fingerprint density at radius 1 is 0.775 bits per heavy atom. The van der Waals surface area contributed by atoms with Gasteiger partial charge in [-0.15, -0.1) is 11.8 Å². The normalized spacial score (nSPS) is 20.4. The third-order valence-electron chi connectivity index (χ3n) is 6.69. The predicted molar refractivity (Wildman–Crippen MR) is 155 cm³/mol. The second-order valence-electron chi connectivity index (χ2n) is 9.58. The van der Waals surface area contributed by atoms with Crippen LogP contribution < -0.4 is 0 Å². The van der Waals surface area contributed by atoms with E-state index in [-0.39, 0.29) is 22.7 Å². The molecule has 1 saturated heterocycles. The van der Waals surface area contributed by atoms with E-state index in [0.717, 1.165) is 16.7 Å². The molecule has 0 N–H and O–H groups in total. The highest BCUT2D eigenvalue weighted by molar-refractivity contribution is 8.00. The fourth-order valence-corrected chi connectivity index (χ4v) is 6.28. The topological polar surface area (TPSA) is 67.1 Å². The summed E-state index contributed by atoms with van der Waals surface area (Å²) >= 11 is 1.70. The lowest BCUT2D eigenvalue weighted by molar-refractivity contribution is -0.0872. The minimum absolute atomic E-state index is 0.0191. The van der Waals surface area contributed by atoms with E-state index in [2.05, 4.69) is 24.3 Å². The largest absolute Gasteiger partial charge is 0.467 e. The van der Waals surface area contributed by atoms with Crippen molar-refractivity contribution in [1.29, 1.82) is 0 Å². The Labute approximate surface area is 239 Å². The van der Waals surface area contributed by atoms with Crippen molar-refractivity contribution < 1.29 is 28.2 Å². The second-order valence-corrected chi connectivity index (χ2v) is 11.0. The number of ether oxygens (including phenoxy) is 4. The summed E-state index contributed by atoms with van der Waals surface area (Å²) in [6.07, 6.45) is 0.854. The van der Waals surface area contributed by atoms with Gasteiger partial charge in [0.05, 0.1) is 55.2 Å². The molecule has 1 aliphatic rings. The number of thioether (sulfide) groups is 1. The van der Waals surface area contributed by atoms with Crippen LogP contribution in [0, 0.1) is 0 Å². The SMILES string of the molecule is CCOC(=O)c1coc([C@H]2S[C@H](COCc3ccccc3)[C@@H](OCc3ccccc3)[C@H]2OCc2ccccc2)c1. The van der Waals surface area contributed by atoms with Gasteiger partial charge in [0, 0.05) is 0 Å². The third-order valence-corrected chi connectivity index (χ3v) is 8.23. The summed E-state index contributed by atoms with van der Waals surface area (Å²) in [7, 11) is 0. The first kappa shape index (κ1) is 28.2. The predicted octanol–water partition coefficient (Wildman–Crippen LogP) is 7.00. The number of carbonyl (C=O) groups is 1. The van der Waals surface area contributed by atoms with Crippen molar-refractivity contribution in [3.63, 3.8) is 0 Å². The maximum Gasteiger partial charge on any atom is 0.341 e. The van der Waals surface area contributed by atoms with E-state index in [1.165, 1.54) is 6.26 Å². The minimum atomic E-state index is -0.401. The Hall–Kier alpha value is -3.36. The van der Waals surface area contributed by atoms with E-state index in [4.69, 9.17) is 23.4 Å². The summed E-state index contributed by atoms with van der Waals surface area (Å²) in [5.41, 5.74) is 3.67. The van der Waals surface area contributed by atoms with Crippen LogP contribution in [0.1, 0.15) is 45.0 Å². The van der Waals surface area contributed by atoms with Crippen molar-refractivity contribution in [2.45, 2.75) is 49.5 Å². The molecule has 4 aromatic rings. The highest BCUT2D eigenvalue weighted by atomic mass is 32.2. The maximum absolute atomic E-state index is 12.4. The first-order chi connectivity index (χ1) is 19.7. The van der Waals surface area contributed by atoms with Crippen molar-refractivity contribution in [2.24, 2.45) is 0 Å². The molecule has 1 aliphatic heterocycles. The van der Waals surface area contributed by atoms with Crippen LogP contribution in [0.25, 0.3) is 0 Å². The molecule has 0 unspecified atom stereocenters. The Morgan fingerprint density at radius 3 is 1.90 bits per heavy atom. The molecule has 4 atom stereocenters. The number of hydrogen-bond acceptors (Lipinski definition) is 7. The summed E-state index contributed by atoms with van der Waals surface area (Å²) in [6.45, 7) is 3.95. The van der Waals surface area contributed by atoms with Crippen LogP contribution in [0.15, 0.2) is 108 Å². The lowest BCUT2D eigenvalue weighted by atomic mass is 10.0. The number of rotatable bonds is 13. The monoisotopic (exact) mass is 558 g/mol. The smallest absolute Gasteiger partial charge is 0.341 e. The van der Waals surface area contributed by atoms with Gasteiger partial charge in [-0.2, -0.15) is 0 Å². The van der Waals surface area contributed by atoms with E-state index < -0.39 is 5.97 Å². The van der Waals surface area contributed by atoms with Gasteiger partial charge in [0.25, 0.3) is 0 Å². The number of carbonyl (C=O) groups excluding carboxylic acids is 1. The lowest BCUT2D eigenvalue weighted by Gasteiger charge is -2.26. The van der Waals surface area contributed by atoms with E-state index in [0.29, 0.717) is 44.4 Å². The minimum Gasteiger partial charge on any atom is -0.467 e. The number of benzene rings is 3. The molecule has 3 aromatic carbocycles. The summed E-state index contributed by atoms with van der Waals surface area (Å²) in [5, 5.41) is -0.215.